The monoisotopic (exact) mass is 354 g/mol. The van der Waals surface area contributed by atoms with E-state index in [-0.39, 0.29) is 4.90 Å². The first-order valence-corrected chi connectivity index (χ1v) is 8.27. The molecule has 20 heavy (non-hydrogen) atoms. The molecule has 0 saturated carbocycles. The molecule has 6 heteroatoms. The molecule has 0 aromatic heterocycles. The fraction of sp³-hybridized carbons (Fsp3) is 0.143. The van der Waals surface area contributed by atoms with E-state index in [1.54, 1.807) is 36.4 Å². The number of halogens is 1. The molecule has 0 spiro atoms. The van der Waals surface area contributed by atoms with Crippen LogP contribution in [0, 0.1) is 6.92 Å². The van der Waals surface area contributed by atoms with Gasteiger partial charge in [-0.25, -0.2) is 8.42 Å². The zero-order valence-corrected chi connectivity index (χ0v) is 13.3. The third kappa shape index (κ3) is 3.59. The fourth-order valence-corrected chi connectivity index (χ4v) is 3.46. The second-order valence-electron chi connectivity index (χ2n) is 4.47. The molecular weight excluding hydrogens is 340 g/mol. The lowest BCUT2D eigenvalue weighted by atomic mass is 10.2. The summed E-state index contributed by atoms with van der Waals surface area (Å²) in [5.74, 6) is 0. The number of nitrogens with two attached hydrogens (primary N) is 1. The summed E-state index contributed by atoms with van der Waals surface area (Å²) in [5.41, 5.74) is 7.88. The molecule has 0 heterocycles. The van der Waals surface area contributed by atoms with Crippen molar-refractivity contribution in [1.82, 2.24) is 0 Å². The van der Waals surface area contributed by atoms with Crippen molar-refractivity contribution in [3.8, 4) is 0 Å². The lowest BCUT2D eigenvalue weighted by Crippen LogP contribution is -2.13. The number of aryl methyl sites for hydroxylation is 1. The van der Waals surface area contributed by atoms with Crippen LogP contribution in [0.5, 0.6) is 0 Å². The molecule has 0 saturated heterocycles. The summed E-state index contributed by atoms with van der Waals surface area (Å²) >= 11 is 3.35. The normalized spacial score (nSPS) is 11.3. The van der Waals surface area contributed by atoms with E-state index in [4.69, 9.17) is 5.73 Å². The number of anilines is 1. The van der Waals surface area contributed by atoms with Crippen LogP contribution in [0.15, 0.2) is 51.8 Å². The van der Waals surface area contributed by atoms with Crippen molar-refractivity contribution < 1.29 is 8.42 Å². The van der Waals surface area contributed by atoms with Crippen molar-refractivity contribution in [2.24, 2.45) is 5.73 Å². The zero-order valence-electron chi connectivity index (χ0n) is 10.9. The van der Waals surface area contributed by atoms with Gasteiger partial charge in [0, 0.05) is 11.0 Å². The van der Waals surface area contributed by atoms with Crippen molar-refractivity contribution in [1.29, 1.82) is 0 Å². The van der Waals surface area contributed by atoms with Crippen LogP contribution in [-0.4, -0.2) is 8.42 Å². The summed E-state index contributed by atoms with van der Waals surface area (Å²) < 4.78 is 27.9. The minimum Gasteiger partial charge on any atom is -0.326 e. The van der Waals surface area contributed by atoms with Gasteiger partial charge in [-0.3, -0.25) is 4.72 Å². The van der Waals surface area contributed by atoms with Crippen LogP contribution in [0.4, 0.5) is 5.69 Å². The Kier molecular flexibility index (Phi) is 4.47. The van der Waals surface area contributed by atoms with Gasteiger partial charge in [0.2, 0.25) is 0 Å². The summed E-state index contributed by atoms with van der Waals surface area (Å²) in [7, 11) is -3.58. The minimum absolute atomic E-state index is 0.215. The highest BCUT2D eigenvalue weighted by Crippen LogP contribution is 2.22. The van der Waals surface area contributed by atoms with E-state index in [0.717, 1.165) is 15.6 Å². The van der Waals surface area contributed by atoms with Crippen LogP contribution in [0.25, 0.3) is 0 Å². The largest absolute Gasteiger partial charge is 0.326 e. The Bertz CT molecular complexity index is 692. The average molecular weight is 355 g/mol. The van der Waals surface area contributed by atoms with Gasteiger partial charge in [-0.15, -0.1) is 0 Å². The predicted molar refractivity (Wildman–Crippen MR) is 84.0 cm³/mol. The molecule has 106 valence electrons. The zero-order chi connectivity index (χ0) is 14.8. The highest BCUT2D eigenvalue weighted by Gasteiger charge is 2.14. The Morgan fingerprint density at radius 3 is 2.35 bits per heavy atom. The topological polar surface area (TPSA) is 72.2 Å². The first-order chi connectivity index (χ1) is 9.40. The van der Waals surface area contributed by atoms with E-state index in [9.17, 15) is 8.42 Å². The van der Waals surface area contributed by atoms with Gasteiger partial charge >= 0.3 is 0 Å². The standard InChI is InChI=1S/C14H15BrN2O2S/c1-10-6-12(15)8-13(7-10)17-20(18,19)14-4-2-11(9-16)3-5-14/h2-8,17H,9,16H2,1H3. The number of sulfonamides is 1. The third-order valence-corrected chi connectivity index (χ3v) is 4.62. The molecule has 2 aromatic carbocycles. The van der Waals surface area contributed by atoms with Crippen molar-refractivity contribution >= 4 is 31.6 Å². The summed E-state index contributed by atoms with van der Waals surface area (Å²) in [6.45, 7) is 2.29. The van der Waals surface area contributed by atoms with Crippen LogP contribution in [-0.2, 0) is 16.6 Å². The van der Waals surface area contributed by atoms with Crippen molar-refractivity contribution in [3.63, 3.8) is 0 Å². The van der Waals surface area contributed by atoms with Gasteiger partial charge in [0.1, 0.15) is 0 Å². The molecular formula is C14H15BrN2O2S. The second-order valence-corrected chi connectivity index (χ2v) is 7.07. The van der Waals surface area contributed by atoms with Crippen LogP contribution >= 0.6 is 15.9 Å². The van der Waals surface area contributed by atoms with Gasteiger partial charge in [-0.1, -0.05) is 28.1 Å². The first-order valence-electron chi connectivity index (χ1n) is 6.00. The fourth-order valence-electron chi connectivity index (χ4n) is 1.81. The molecule has 0 aliphatic rings. The Balaban J connectivity index is 2.30. The van der Waals surface area contributed by atoms with Gasteiger partial charge in [-0.2, -0.15) is 0 Å². The summed E-state index contributed by atoms with van der Waals surface area (Å²) in [6, 6.07) is 11.9. The number of hydrogen-bond acceptors (Lipinski definition) is 3. The Labute approximate surface area is 127 Å². The summed E-state index contributed by atoms with van der Waals surface area (Å²) in [5, 5.41) is 0. The summed E-state index contributed by atoms with van der Waals surface area (Å²) in [4.78, 5) is 0.215. The molecule has 2 aromatic rings. The molecule has 0 unspecified atom stereocenters. The predicted octanol–water partition coefficient (Wildman–Crippen LogP) is 3.02. The molecule has 0 fully saturated rings. The number of nitrogens with one attached hydrogen (secondary N) is 1. The van der Waals surface area contributed by atoms with Crippen LogP contribution in [0.2, 0.25) is 0 Å². The molecule has 0 radical (unpaired) electrons. The molecule has 0 bridgehead atoms. The van der Waals surface area contributed by atoms with E-state index in [1.165, 1.54) is 0 Å². The third-order valence-electron chi connectivity index (χ3n) is 2.76. The second kappa shape index (κ2) is 5.95. The number of hydrogen-bond donors (Lipinski definition) is 2. The molecule has 4 nitrogen and oxygen atoms in total. The average Bonchev–Trinajstić information content (AvgIpc) is 2.37. The Hall–Kier alpha value is -1.37. The molecule has 3 N–H and O–H groups in total. The highest BCUT2D eigenvalue weighted by molar-refractivity contribution is 9.10. The Morgan fingerprint density at radius 1 is 1.15 bits per heavy atom. The van der Waals surface area contributed by atoms with Crippen LogP contribution in [0.1, 0.15) is 11.1 Å². The lowest BCUT2D eigenvalue weighted by molar-refractivity contribution is 0.601. The van der Waals surface area contributed by atoms with Gasteiger partial charge in [0.25, 0.3) is 10.0 Å². The van der Waals surface area contributed by atoms with E-state index in [2.05, 4.69) is 20.7 Å². The lowest BCUT2D eigenvalue weighted by Gasteiger charge is -2.10. The van der Waals surface area contributed by atoms with Crippen LogP contribution in [0.3, 0.4) is 0 Å². The quantitative estimate of drug-likeness (QED) is 0.886. The molecule has 0 aliphatic carbocycles. The maximum atomic E-state index is 12.3. The van der Waals surface area contributed by atoms with E-state index in [1.807, 2.05) is 13.0 Å². The van der Waals surface area contributed by atoms with E-state index in [0.29, 0.717) is 12.2 Å². The minimum atomic E-state index is -3.58. The van der Waals surface area contributed by atoms with Crippen LogP contribution < -0.4 is 10.5 Å². The van der Waals surface area contributed by atoms with Crippen molar-refractivity contribution in [2.45, 2.75) is 18.4 Å². The highest BCUT2D eigenvalue weighted by atomic mass is 79.9. The number of rotatable bonds is 4. The Morgan fingerprint density at radius 2 is 1.80 bits per heavy atom. The van der Waals surface area contributed by atoms with E-state index >= 15 is 0 Å². The van der Waals surface area contributed by atoms with Crippen molar-refractivity contribution in [2.75, 3.05) is 4.72 Å². The summed E-state index contributed by atoms with van der Waals surface area (Å²) in [6.07, 6.45) is 0. The number of benzene rings is 2. The maximum absolute atomic E-state index is 12.3. The molecule has 0 amide bonds. The SMILES string of the molecule is Cc1cc(Br)cc(NS(=O)(=O)c2ccc(CN)cc2)c1. The van der Waals surface area contributed by atoms with Gasteiger partial charge in [0.05, 0.1) is 10.6 Å². The van der Waals surface area contributed by atoms with Gasteiger partial charge < -0.3 is 5.73 Å². The van der Waals surface area contributed by atoms with Gasteiger partial charge in [-0.05, 0) is 48.4 Å². The molecule has 0 atom stereocenters. The smallest absolute Gasteiger partial charge is 0.261 e. The van der Waals surface area contributed by atoms with Crippen molar-refractivity contribution in [3.05, 3.63) is 58.1 Å². The van der Waals surface area contributed by atoms with E-state index < -0.39 is 10.0 Å². The van der Waals surface area contributed by atoms with Gasteiger partial charge in [0.15, 0.2) is 0 Å². The molecule has 2 rings (SSSR count). The molecule has 0 aliphatic heterocycles. The maximum Gasteiger partial charge on any atom is 0.261 e. The first kappa shape index (κ1) is 15.0.